The van der Waals surface area contributed by atoms with Gasteiger partial charge in [-0.25, -0.2) is 15.0 Å². The van der Waals surface area contributed by atoms with E-state index in [0.717, 1.165) is 22.6 Å². The van der Waals surface area contributed by atoms with Gasteiger partial charge >= 0.3 is 0 Å². The van der Waals surface area contributed by atoms with Gasteiger partial charge in [0.1, 0.15) is 16.8 Å². The number of aromatic nitrogens is 4. The van der Waals surface area contributed by atoms with E-state index in [2.05, 4.69) is 25.6 Å². The van der Waals surface area contributed by atoms with E-state index in [1.165, 1.54) is 0 Å². The van der Waals surface area contributed by atoms with Crippen molar-refractivity contribution in [1.82, 2.24) is 19.5 Å². The van der Waals surface area contributed by atoms with E-state index in [-0.39, 0.29) is 0 Å². The molecule has 5 heteroatoms. The molecule has 4 nitrogen and oxygen atoms in total. The maximum Gasteiger partial charge on any atom is 0.133 e. The number of hydrogen-bond donors (Lipinski definition) is 0. The summed E-state index contributed by atoms with van der Waals surface area (Å²) in [5.41, 5.74) is 3.00. The third-order valence-corrected chi connectivity index (χ3v) is 3.27. The molecule has 19 heavy (non-hydrogen) atoms. The molecular weight excluding hydrogens is 260 g/mol. The van der Waals surface area contributed by atoms with Crippen LogP contribution in [0.5, 0.6) is 0 Å². The largest absolute Gasteiger partial charge is 0.331 e. The van der Waals surface area contributed by atoms with Gasteiger partial charge in [0.15, 0.2) is 0 Å². The topological polar surface area (TPSA) is 43.6 Å². The van der Waals surface area contributed by atoms with E-state index in [0.29, 0.717) is 17.4 Å². The van der Waals surface area contributed by atoms with Crippen LogP contribution in [-0.4, -0.2) is 19.5 Å². The zero-order valence-electron chi connectivity index (χ0n) is 10.8. The monoisotopic (exact) mass is 272 g/mol. The molecule has 0 bridgehead atoms. The highest BCUT2D eigenvalue weighted by Gasteiger charge is 2.09. The number of fused-ring (bicyclic) bond motifs is 1. The van der Waals surface area contributed by atoms with Crippen molar-refractivity contribution in [3.05, 3.63) is 52.8 Å². The molecule has 0 aliphatic rings. The summed E-state index contributed by atoms with van der Waals surface area (Å²) in [5, 5.41) is 0.473. The normalized spacial score (nSPS) is 11.1. The molecule has 0 radical (unpaired) electrons. The van der Waals surface area contributed by atoms with Crippen molar-refractivity contribution < 1.29 is 0 Å². The summed E-state index contributed by atoms with van der Waals surface area (Å²) in [6.45, 7) is 1.84. The summed E-state index contributed by atoms with van der Waals surface area (Å²) < 4.78 is 2.08. The van der Waals surface area contributed by atoms with Crippen molar-refractivity contribution in [2.75, 3.05) is 0 Å². The van der Waals surface area contributed by atoms with Crippen LogP contribution in [0.25, 0.3) is 11.0 Å². The van der Waals surface area contributed by atoms with Crippen LogP contribution in [-0.2, 0) is 13.5 Å². The lowest BCUT2D eigenvalue weighted by atomic mass is 10.3. The zero-order chi connectivity index (χ0) is 13.4. The number of halogens is 1. The number of nitrogens with zero attached hydrogens (tertiary/aromatic N) is 4. The van der Waals surface area contributed by atoms with Crippen molar-refractivity contribution in [2.24, 2.45) is 7.05 Å². The van der Waals surface area contributed by atoms with E-state index in [1.807, 2.05) is 32.2 Å². The Labute approximate surface area is 116 Å². The Kier molecular flexibility index (Phi) is 2.95. The van der Waals surface area contributed by atoms with Crippen molar-refractivity contribution in [2.45, 2.75) is 13.3 Å². The van der Waals surface area contributed by atoms with E-state index in [1.54, 1.807) is 6.07 Å². The summed E-state index contributed by atoms with van der Waals surface area (Å²) in [6, 6.07) is 9.86. The second-order valence-corrected chi connectivity index (χ2v) is 4.87. The fraction of sp³-hybridized carbons (Fsp3) is 0.214. The van der Waals surface area contributed by atoms with Gasteiger partial charge in [0.05, 0.1) is 16.7 Å². The number of hydrogen-bond acceptors (Lipinski definition) is 3. The Morgan fingerprint density at radius 3 is 2.68 bits per heavy atom. The van der Waals surface area contributed by atoms with Gasteiger partial charge < -0.3 is 4.57 Å². The lowest BCUT2D eigenvalue weighted by Crippen LogP contribution is -2.02. The fourth-order valence-electron chi connectivity index (χ4n) is 2.20. The van der Waals surface area contributed by atoms with Crippen LogP contribution in [0.4, 0.5) is 0 Å². The molecule has 0 aliphatic heterocycles. The SMILES string of the molecule is Cc1nc(Cl)cc(Cc2nc3ccccc3n2C)n1. The minimum Gasteiger partial charge on any atom is -0.331 e. The highest BCUT2D eigenvalue weighted by atomic mass is 35.5. The summed E-state index contributed by atoms with van der Waals surface area (Å²) in [6.07, 6.45) is 0.647. The average molecular weight is 273 g/mol. The minimum atomic E-state index is 0.473. The van der Waals surface area contributed by atoms with Crippen LogP contribution in [0, 0.1) is 6.92 Å². The molecule has 0 unspecified atom stereocenters. The predicted octanol–water partition coefficient (Wildman–Crippen LogP) is 2.92. The molecule has 0 aliphatic carbocycles. The Morgan fingerprint density at radius 1 is 1.16 bits per heavy atom. The number of benzene rings is 1. The van der Waals surface area contributed by atoms with Crippen LogP contribution < -0.4 is 0 Å². The van der Waals surface area contributed by atoms with Crippen LogP contribution >= 0.6 is 11.6 Å². The minimum absolute atomic E-state index is 0.473. The Hall–Kier alpha value is -1.94. The maximum atomic E-state index is 5.96. The van der Waals surface area contributed by atoms with Gasteiger partial charge in [0.25, 0.3) is 0 Å². The Morgan fingerprint density at radius 2 is 1.95 bits per heavy atom. The van der Waals surface area contributed by atoms with Gasteiger partial charge in [0, 0.05) is 13.5 Å². The summed E-state index contributed by atoms with van der Waals surface area (Å²) in [4.78, 5) is 13.1. The third kappa shape index (κ3) is 2.31. The molecule has 2 aromatic heterocycles. The lowest BCUT2D eigenvalue weighted by molar-refractivity contribution is 0.824. The third-order valence-electron chi connectivity index (χ3n) is 3.08. The fourth-order valence-corrected chi connectivity index (χ4v) is 2.44. The lowest BCUT2D eigenvalue weighted by Gasteiger charge is -2.03. The number of rotatable bonds is 2. The molecule has 0 atom stereocenters. The maximum absolute atomic E-state index is 5.96. The summed E-state index contributed by atoms with van der Waals surface area (Å²) in [5.74, 6) is 1.65. The van der Waals surface area contributed by atoms with E-state index >= 15 is 0 Å². The first kappa shape index (κ1) is 12.1. The Bertz CT molecular complexity index is 728. The van der Waals surface area contributed by atoms with E-state index < -0.39 is 0 Å². The number of imidazole rings is 1. The van der Waals surface area contributed by atoms with E-state index in [9.17, 15) is 0 Å². The second-order valence-electron chi connectivity index (χ2n) is 4.48. The first-order chi connectivity index (χ1) is 9.13. The molecule has 3 rings (SSSR count). The van der Waals surface area contributed by atoms with Gasteiger partial charge in [-0.05, 0) is 25.1 Å². The molecule has 1 aromatic carbocycles. The van der Waals surface area contributed by atoms with Gasteiger partial charge in [-0.15, -0.1) is 0 Å². The highest BCUT2D eigenvalue weighted by Crippen LogP contribution is 2.17. The van der Waals surface area contributed by atoms with Gasteiger partial charge in [-0.3, -0.25) is 0 Å². The van der Waals surface area contributed by atoms with Crippen molar-refractivity contribution in [3.8, 4) is 0 Å². The van der Waals surface area contributed by atoms with Crippen molar-refractivity contribution >= 4 is 22.6 Å². The van der Waals surface area contributed by atoms with Gasteiger partial charge in [-0.1, -0.05) is 23.7 Å². The second kappa shape index (κ2) is 4.63. The molecular formula is C14H13ClN4. The molecule has 2 heterocycles. The van der Waals surface area contributed by atoms with Gasteiger partial charge in [-0.2, -0.15) is 0 Å². The molecule has 0 fully saturated rings. The average Bonchev–Trinajstić information content (AvgIpc) is 2.66. The predicted molar refractivity (Wildman–Crippen MR) is 75.3 cm³/mol. The number of para-hydroxylation sites is 2. The van der Waals surface area contributed by atoms with E-state index in [4.69, 9.17) is 11.6 Å². The first-order valence-electron chi connectivity index (χ1n) is 6.04. The van der Waals surface area contributed by atoms with Crippen LogP contribution in [0.3, 0.4) is 0 Å². The first-order valence-corrected chi connectivity index (χ1v) is 6.41. The van der Waals surface area contributed by atoms with Crippen molar-refractivity contribution in [3.63, 3.8) is 0 Å². The van der Waals surface area contributed by atoms with Crippen molar-refractivity contribution in [1.29, 1.82) is 0 Å². The summed E-state index contributed by atoms with van der Waals surface area (Å²) in [7, 11) is 2.01. The Balaban J connectivity index is 2.03. The van der Waals surface area contributed by atoms with Crippen LogP contribution in [0.15, 0.2) is 30.3 Å². The molecule has 0 amide bonds. The molecule has 0 saturated carbocycles. The molecule has 0 saturated heterocycles. The quantitative estimate of drug-likeness (QED) is 0.674. The zero-order valence-corrected chi connectivity index (χ0v) is 11.5. The molecule has 3 aromatic rings. The highest BCUT2D eigenvalue weighted by molar-refractivity contribution is 6.29. The molecule has 96 valence electrons. The smallest absolute Gasteiger partial charge is 0.133 e. The van der Waals surface area contributed by atoms with Crippen LogP contribution in [0.2, 0.25) is 5.15 Å². The molecule has 0 spiro atoms. The number of aryl methyl sites for hydroxylation is 2. The standard InChI is InChI=1S/C14H13ClN4/c1-9-16-10(7-13(15)17-9)8-14-18-11-5-3-4-6-12(11)19(14)2/h3-7H,8H2,1-2H3. The van der Waals surface area contributed by atoms with Gasteiger partial charge in [0.2, 0.25) is 0 Å². The van der Waals surface area contributed by atoms with Crippen LogP contribution in [0.1, 0.15) is 17.3 Å². The summed E-state index contributed by atoms with van der Waals surface area (Å²) >= 11 is 5.96. The molecule has 0 N–H and O–H groups in total.